The van der Waals surface area contributed by atoms with Crippen LogP contribution >= 0.6 is 0 Å². The van der Waals surface area contributed by atoms with Gasteiger partial charge in [0, 0.05) is 32.8 Å². The van der Waals surface area contributed by atoms with Crippen LogP contribution in [0, 0.1) is 0 Å². The van der Waals surface area contributed by atoms with Crippen LogP contribution in [-0.2, 0) is 42.2 Å². The van der Waals surface area contributed by atoms with E-state index in [-0.39, 0.29) is 22.3 Å². The maximum atomic E-state index is 13.1. The summed E-state index contributed by atoms with van der Waals surface area (Å²) in [5.74, 6) is -1.49. The lowest BCUT2D eigenvalue weighted by atomic mass is 9.77. The first kappa shape index (κ1) is 45.6. The Morgan fingerprint density at radius 2 is 1.41 bits per heavy atom. The number of imidazole rings is 1. The zero-order chi connectivity index (χ0) is 46.3. The first-order valence-corrected chi connectivity index (χ1v) is 27.9. The number of anilines is 1. The average molecular weight is 908 g/mol. The predicted octanol–water partition coefficient (Wildman–Crippen LogP) is 10.1. The van der Waals surface area contributed by atoms with Gasteiger partial charge in [0.2, 0.25) is 0 Å². The van der Waals surface area contributed by atoms with Crippen LogP contribution in [0.4, 0.5) is 5.82 Å². The van der Waals surface area contributed by atoms with Crippen LogP contribution in [0.15, 0.2) is 61.2 Å². The Labute approximate surface area is 376 Å². The van der Waals surface area contributed by atoms with Crippen molar-refractivity contribution in [3.63, 3.8) is 0 Å². The maximum Gasteiger partial charge on any atom is 0.303 e. The molecule has 0 saturated carbocycles. The van der Waals surface area contributed by atoms with E-state index in [9.17, 15) is 14.4 Å². The van der Waals surface area contributed by atoms with E-state index < -0.39 is 65.1 Å². The van der Waals surface area contributed by atoms with E-state index in [1.807, 2.05) is 28.8 Å². The molecule has 1 saturated heterocycles. The minimum Gasteiger partial charge on any atom is -0.456 e. The van der Waals surface area contributed by atoms with E-state index in [0.29, 0.717) is 41.1 Å². The standard InChI is InChI=1S/C48H61N5O9Si2/c1-26(54)58-42-33-21-31-18-17-29-15-14-16-30-19-20-32(38(31)37(29)30)39(33)40(43(59-27(2)55)44(42)60-28(3)56)52-45-41-46(50-24-49-45)53(25-51-41)36-22-34(62-64(12,13)48(7,8)9)35(61-36)23-57-63(10,11)47(4,5)6/h14-21,24-25,34-36,40,42-44H,22-23H2,1-13H3,(H,49,50,52)/t34-,35+,36+,40+,42-,43-,44+/m0/s1. The number of carbonyl (C=O) groups is 3. The van der Waals surface area contributed by atoms with Gasteiger partial charge in [-0.05, 0) is 80.2 Å². The van der Waals surface area contributed by atoms with Gasteiger partial charge in [0.1, 0.15) is 18.7 Å². The Morgan fingerprint density at radius 3 is 2.05 bits per heavy atom. The van der Waals surface area contributed by atoms with E-state index in [0.717, 1.165) is 32.3 Å². The summed E-state index contributed by atoms with van der Waals surface area (Å²) in [6.45, 7) is 26.6. The topological polar surface area (TPSA) is 162 Å². The van der Waals surface area contributed by atoms with Crippen molar-refractivity contribution in [2.45, 2.75) is 148 Å². The fourth-order valence-electron chi connectivity index (χ4n) is 8.77. The molecule has 340 valence electrons. The summed E-state index contributed by atoms with van der Waals surface area (Å²) in [5, 5.41) is 9.53. The van der Waals surface area contributed by atoms with Crippen LogP contribution in [0.5, 0.6) is 0 Å². The molecule has 4 aromatic carbocycles. The van der Waals surface area contributed by atoms with Gasteiger partial charge in [-0.15, -0.1) is 0 Å². The largest absolute Gasteiger partial charge is 0.456 e. The molecule has 8 rings (SSSR count). The quantitative estimate of drug-likeness (QED) is 0.0566. The molecule has 16 heteroatoms. The molecule has 64 heavy (non-hydrogen) atoms. The average Bonchev–Trinajstić information content (AvgIpc) is 3.81. The monoisotopic (exact) mass is 907 g/mol. The molecule has 6 aromatic rings. The minimum absolute atomic E-state index is 0.0181. The van der Waals surface area contributed by atoms with Crippen molar-refractivity contribution in [2.24, 2.45) is 0 Å². The second-order valence-electron chi connectivity index (χ2n) is 20.4. The zero-order valence-corrected chi connectivity index (χ0v) is 41.2. The lowest BCUT2D eigenvalue weighted by molar-refractivity contribution is -0.187. The van der Waals surface area contributed by atoms with Crippen LogP contribution in [-0.4, -0.2) is 85.1 Å². The number of ether oxygens (including phenoxy) is 4. The van der Waals surface area contributed by atoms with Crippen LogP contribution < -0.4 is 5.32 Å². The molecule has 0 amide bonds. The fourth-order valence-corrected chi connectivity index (χ4v) is 11.1. The summed E-state index contributed by atoms with van der Waals surface area (Å²) in [6, 6.07) is 15.5. The summed E-state index contributed by atoms with van der Waals surface area (Å²) >= 11 is 0. The number of carbonyl (C=O) groups excluding carboxylic acids is 3. The van der Waals surface area contributed by atoms with E-state index in [1.165, 1.54) is 27.1 Å². The molecule has 2 aliphatic rings. The zero-order valence-electron chi connectivity index (χ0n) is 39.2. The molecule has 2 aromatic heterocycles. The molecule has 7 atom stereocenters. The van der Waals surface area contributed by atoms with Gasteiger partial charge in [-0.25, -0.2) is 15.0 Å². The highest BCUT2D eigenvalue weighted by molar-refractivity contribution is 6.74. The van der Waals surface area contributed by atoms with Crippen LogP contribution in [0.3, 0.4) is 0 Å². The summed E-state index contributed by atoms with van der Waals surface area (Å²) < 4.78 is 40.7. The van der Waals surface area contributed by atoms with Gasteiger partial charge in [-0.2, -0.15) is 0 Å². The number of benzene rings is 4. The SMILES string of the molecule is CC(=O)O[C@@H]1[C@H](OC(C)=O)[C@@H](OC(C)=O)c2cc3ccc4cccc5ccc(c2[C@H]1Nc1ncnc2c1ncn2[C@H]1C[C@H](O[Si](C)(C)C(C)(C)C)[C@@H](CO[Si](C)(C)C(C)(C)C)O1)c3c45. The first-order valence-electron chi connectivity index (χ1n) is 22.1. The molecule has 1 N–H and O–H groups in total. The molecule has 0 radical (unpaired) electrons. The number of esters is 3. The highest BCUT2D eigenvalue weighted by atomic mass is 28.4. The van der Waals surface area contributed by atoms with E-state index in [4.69, 9.17) is 42.8 Å². The molecular weight excluding hydrogens is 847 g/mol. The second kappa shape index (κ2) is 16.5. The van der Waals surface area contributed by atoms with Crippen molar-refractivity contribution in [2.75, 3.05) is 11.9 Å². The Balaban J connectivity index is 1.24. The number of rotatable bonds is 11. The van der Waals surface area contributed by atoms with Crippen molar-refractivity contribution < 1.29 is 42.2 Å². The predicted molar refractivity (Wildman–Crippen MR) is 251 cm³/mol. The van der Waals surface area contributed by atoms with Crippen LogP contribution in [0.1, 0.15) is 98.2 Å². The highest BCUT2D eigenvalue weighted by Crippen LogP contribution is 2.50. The van der Waals surface area contributed by atoms with Crippen LogP contribution in [0.25, 0.3) is 43.5 Å². The number of nitrogens with zero attached hydrogens (tertiary/aromatic N) is 4. The van der Waals surface area contributed by atoms with Crippen molar-refractivity contribution in [3.8, 4) is 0 Å². The maximum absolute atomic E-state index is 13.1. The third kappa shape index (κ3) is 8.27. The second-order valence-corrected chi connectivity index (χ2v) is 30.0. The number of aromatic nitrogens is 4. The molecule has 1 aliphatic carbocycles. The Kier molecular flexibility index (Phi) is 11.7. The van der Waals surface area contributed by atoms with E-state index in [2.05, 4.69) is 97.3 Å². The van der Waals surface area contributed by atoms with Crippen molar-refractivity contribution in [3.05, 3.63) is 72.3 Å². The third-order valence-corrected chi connectivity index (χ3v) is 23.0. The number of fused-ring (bicyclic) bond motifs is 3. The van der Waals surface area contributed by atoms with Gasteiger partial charge < -0.3 is 33.1 Å². The van der Waals surface area contributed by atoms with Gasteiger partial charge in [0.15, 0.2) is 51.9 Å². The summed E-state index contributed by atoms with van der Waals surface area (Å²) in [6.07, 6.45) is -0.823. The van der Waals surface area contributed by atoms with E-state index in [1.54, 1.807) is 6.33 Å². The smallest absolute Gasteiger partial charge is 0.303 e. The van der Waals surface area contributed by atoms with Gasteiger partial charge in [-0.3, -0.25) is 19.0 Å². The van der Waals surface area contributed by atoms with E-state index >= 15 is 0 Å². The first-order chi connectivity index (χ1) is 30.0. The fraction of sp³-hybridized carbons (Fsp3) is 0.500. The lowest BCUT2D eigenvalue weighted by Gasteiger charge is -2.43. The summed E-state index contributed by atoms with van der Waals surface area (Å²) in [7, 11) is -4.34. The van der Waals surface area contributed by atoms with Crippen molar-refractivity contribution >= 4 is 83.8 Å². The molecule has 1 fully saturated rings. The van der Waals surface area contributed by atoms with Crippen LogP contribution in [0.2, 0.25) is 36.3 Å². The minimum atomic E-state index is -2.22. The van der Waals surface area contributed by atoms with Gasteiger partial charge >= 0.3 is 17.9 Å². The summed E-state index contributed by atoms with van der Waals surface area (Å²) in [5.41, 5.74) is 2.26. The van der Waals surface area contributed by atoms with Gasteiger partial charge in [0.25, 0.3) is 0 Å². The number of hydrogen-bond donors (Lipinski definition) is 1. The van der Waals surface area contributed by atoms with Gasteiger partial charge in [-0.1, -0.05) is 84.0 Å². The molecule has 0 unspecified atom stereocenters. The third-order valence-electron chi connectivity index (χ3n) is 14.0. The molecule has 1 aliphatic heterocycles. The number of hydrogen-bond acceptors (Lipinski definition) is 13. The molecule has 0 spiro atoms. The van der Waals surface area contributed by atoms with Crippen molar-refractivity contribution in [1.82, 2.24) is 19.5 Å². The molecular formula is C48H61N5O9Si2. The Morgan fingerprint density at radius 1 is 0.781 bits per heavy atom. The highest BCUT2D eigenvalue weighted by Gasteiger charge is 2.51. The number of nitrogens with one attached hydrogen (secondary N) is 1. The Hall–Kier alpha value is -5.01. The molecule has 14 nitrogen and oxygen atoms in total. The normalized spacial score (nSPS) is 23.2. The molecule has 3 heterocycles. The Bertz CT molecular complexity index is 2740. The van der Waals surface area contributed by atoms with Gasteiger partial charge in [0.05, 0.1) is 25.1 Å². The molecule has 0 bridgehead atoms. The summed E-state index contributed by atoms with van der Waals surface area (Å²) in [4.78, 5) is 53.1. The lowest BCUT2D eigenvalue weighted by Crippen LogP contribution is -2.50. The van der Waals surface area contributed by atoms with Crippen molar-refractivity contribution in [1.29, 1.82) is 0 Å².